The molecule has 0 unspecified atom stereocenters. The number of fused-ring (bicyclic) bond motifs is 1. The number of carbonyl (C=O) groups is 2. The molecule has 2 aromatic carbocycles. The molecular formula is C22H19ClN2O4. The van der Waals surface area contributed by atoms with E-state index in [1.807, 2.05) is 6.07 Å². The standard InChI is InChI=1S/C22H19ClN2O4/c1-13(12-24)29-21(26)11-18-14(2)25(20-9-8-17(28-3)10-19(18)20)22(27)15-4-6-16(23)7-5-15/h4-10,13H,11H2,1-3H3/t13-/m0/s1. The lowest BCUT2D eigenvalue weighted by Gasteiger charge is -2.08. The van der Waals surface area contributed by atoms with E-state index < -0.39 is 12.1 Å². The molecule has 0 spiro atoms. The van der Waals surface area contributed by atoms with Crippen LogP contribution in [-0.2, 0) is 16.0 Å². The van der Waals surface area contributed by atoms with Gasteiger partial charge in [-0.15, -0.1) is 0 Å². The second-order valence-electron chi connectivity index (χ2n) is 6.53. The van der Waals surface area contributed by atoms with Crippen LogP contribution in [0.3, 0.4) is 0 Å². The van der Waals surface area contributed by atoms with E-state index in [1.165, 1.54) is 6.92 Å². The average molecular weight is 411 g/mol. The van der Waals surface area contributed by atoms with Crippen molar-refractivity contribution in [1.82, 2.24) is 4.57 Å². The smallest absolute Gasteiger partial charge is 0.311 e. The fourth-order valence-electron chi connectivity index (χ4n) is 3.21. The molecule has 0 bridgehead atoms. The van der Waals surface area contributed by atoms with E-state index in [-0.39, 0.29) is 12.3 Å². The van der Waals surface area contributed by atoms with Gasteiger partial charge in [-0.1, -0.05) is 11.6 Å². The number of benzene rings is 2. The highest BCUT2D eigenvalue weighted by Gasteiger charge is 2.23. The normalized spacial score (nSPS) is 11.7. The lowest BCUT2D eigenvalue weighted by atomic mass is 10.1. The molecule has 0 aliphatic carbocycles. The average Bonchev–Trinajstić information content (AvgIpc) is 2.98. The van der Waals surface area contributed by atoms with Gasteiger partial charge in [-0.25, -0.2) is 0 Å². The molecule has 0 saturated heterocycles. The molecule has 1 heterocycles. The Morgan fingerprint density at radius 1 is 1.21 bits per heavy atom. The number of rotatable bonds is 5. The Morgan fingerprint density at radius 3 is 2.52 bits per heavy atom. The highest BCUT2D eigenvalue weighted by atomic mass is 35.5. The molecule has 7 heteroatoms. The molecule has 0 aliphatic heterocycles. The third-order valence-electron chi connectivity index (χ3n) is 4.65. The number of nitrogens with zero attached hydrogens (tertiary/aromatic N) is 2. The first-order valence-electron chi connectivity index (χ1n) is 8.93. The first kappa shape index (κ1) is 20.4. The Bertz CT molecular complexity index is 1130. The van der Waals surface area contributed by atoms with Gasteiger partial charge in [0.25, 0.3) is 5.91 Å². The summed E-state index contributed by atoms with van der Waals surface area (Å²) in [6.07, 6.45) is -0.913. The van der Waals surface area contributed by atoms with Crippen LogP contribution in [-0.4, -0.2) is 29.7 Å². The predicted octanol–water partition coefficient (Wildman–Crippen LogP) is 4.30. The molecule has 0 radical (unpaired) electrons. The van der Waals surface area contributed by atoms with Crippen molar-refractivity contribution in [3.8, 4) is 11.8 Å². The SMILES string of the molecule is COc1ccc2c(c1)c(CC(=O)O[C@@H](C)C#N)c(C)n2C(=O)c1ccc(Cl)cc1. The summed E-state index contributed by atoms with van der Waals surface area (Å²) in [4.78, 5) is 25.5. The lowest BCUT2D eigenvalue weighted by Crippen LogP contribution is -2.16. The van der Waals surface area contributed by atoms with Crippen LogP contribution in [0.1, 0.15) is 28.5 Å². The van der Waals surface area contributed by atoms with Gasteiger partial charge in [0.2, 0.25) is 0 Å². The van der Waals surface area contributed by atoms with Gasteiger partial charge in [-0.2, -0.15) is 5.26 Å². The fourth-order valence-corrected chi connectivity index (χ4v) is 3.33. The largest absolute Gasteiger partial charge is 0.497 e. The lowest BCUT2D eigenvalue weighted by molar-refractivity contribution is -0.145. The van der Waals surface area contributed by atoms with E-state index in [1.54, 1.807) is 61.1 Å². The molecule has 3 rings (SSSR count). The van der Waals surface area contributed by atoms with Crippen LogP contribution >= 0.6 is 11.6 Å². The molecule has 0 saturated carbocycles. The van der Waals surface area contributed by atoms with Gasteiger partial charge in [0.1, 0.15) is 11.8 Å². The number of aromatic nitrogens is 1. The van der Waals surface area contributed by atoms with Crippen LogP contribution in [0.5, 0.6) is 5.75 Å². The summed E-state index contributed by atoms with van der Waals surface area (Å²) < 4.78 is 12.0. The van der Waals surface area contributed by atoms with Gasteiger partial charge in [-0.05, 0) is 61.9 Å². The predicted molar refractivity (Wildman–Crippen MR) is 109 cm³/mol. The van der Waals surface area contributed by atoms with Crippen molar-refractivity contribution in [3.63, 3.8) is 0 Å². The van der Waals surface area contributed by atoms with E-state index in [4.69, 9.17) is 26.3 Å². The highest BCUT2D eigenvalue weighted by Crippen LogP contribution is 2.31. The van der Waals surface area contributed by atoms with Crippen molar-refractivity contribution in [3.05, 3.63) is 64.3 Å². The van der Waals surface area contributed by atoms with Crippen molar-refractivity contribution >= 4 is 34.4 Å². The van der Waals surface area contributed by atoms with E-state index in [9.17, 15) is 9.59 Å². The number of methoxy groups -OCH3 is 1. The fraction of sp³-hybridized carbons (Fsp3) is 0.227. The van der Waals surface area contributed by atoms with Gasteiger partial charge >= 0.3 is 5.97 Å². The summed E-state index contributed by atoms with van der Waals surface area (Å²) in [6.45, 7) is 3.28. The van der Waals surface area contributed by atoms with Gasteiger partial charge in [0.05, 0.1) is 19.0 Å². The third-order valence-corrected chi connectivity index (χ3v) is 4.90. The highest BCUT2D eigenvalue weighted by molar-refractivity contribution is 6.30. The topological polar surface area (TPSA) is 81.3 Å². The molecule has 0 amide bonds. The van der Waals surface area contributed by atoms with Crippen LogP contribution < -0.4 is 4.74 Å². The summed E-state index contributed by atoms with van der Waals surface area (Å²) >= 11 is 5.93. The first-order valence-corrected chi connectivity index (χ1v) is 9.30. The Labute approximate surface area is 173 Å². The summed E-state index contributed by atoms with van der Waals surface area (Å²) in [5, 5.41) is 10.1. The zero-order valence-corrected chi connectivity index (χ0v) is 17.0. The molecule has 0 fully saturated rings. The summed E-state index contributed by atoms with van der Waals surface area (Å²) in [5.41, 5.74) is 2.39. The molecule has 29 heavy (non-hydrogen) atoms. The van der Waals surface area contributed by atoms with Crippen LogP contribution in [0.2, 0.25) is 5.02 Å². The number of halogens is 1. The van der Waals surface area contributed by atoms with Crippen LogP contribution in [0.15, 0.2) is 42.5 Å². The van der Waals surface area contributed by atoms with Crippen LogP contribution in [0.4, 0.5) is 0 Å². The molecule has 3 aromatic rings. The third kappa shape index (κ3) is 4.10. The number of carbonyl (C=O) groups excluding carboxylic acids is 2. The van der Waals surface area contributed by atoms with Crippen molar-refractivity contribution < 1.29 is 19.1 Å². The number of nitriles is 1. The zero-order chi connectivity index (χ0) is 21.1. The van der Waals surface area contributed by atoms with E-state index in [0.29, 0.717) is 38.5 Å². The quantitative estimate of drug-likeness (QED) is 0.586. The maximum absolute atomic E-state index is 13.2. The van der Waals surface area contributed by atoms with Crippen LogP contribution in [0.25, 0.3) is 10.9 Å². The Balaban J connectivity index is 2.12. The molecule has 1 aromatic heterocycles. The first-order chi connectivity index (χ1) is 13.8. The van der Waals surface area contributed by atoms with Crippen LogP contribution in [0, 0.1) is 18.3 Å². The van der Waals surface area contributed by atoms with Gasteiger partial charge in [0.15, 0.2) is 6.10 Å². The molecule has 0 N–H and O–H groups in total. The van der Waals surface area contributed by atoms with E-state index in [0.717, 1.165) is 0 Å². The van der Waals surface area contributed by atoms with E-state index in [2.05, 4.69) is 0 Å². The van der Waals surface area contributed by atoms with Gasteiger partial charge < -0.3 is 9.47 Å². The van der Waals surface area contributed by atoms with E-state index >= 15 is 0 Å². The van der Waals surface area contributed by atoms with Crippen molar-refractivity contribution in [2.24, 2.45) is 0 Å². The molecule has 0 aliphatic rings. The second kappa shape index (κ2) is 8.38. The van der Waals surface area contributed by atoms with Gasteiger partial charge in [0, 0.05) is 21.7 Å². The maximum Gasteiger partial charge on any atom is 0.311 e. The molecule has 6 nitrogen and oxygen atoms in total. The monoisotopic (exact) mass is 410 g/mol. The van der Waals surface area contributed by atoms with Crippen molar-refractivity contribution in [1.29, 1.82) is 5.26 Å². The Kier molecular flexibility index (Phi) is 5.90. The van der Waals surface area contributed by atoms with Gasteiger partial charge in [-0.3, -0.25) is 14.2 Å². The Hall–Kier alpha value is -3.30. The summed E-state index contributed by atoms with van der Waals surface area (Å²) in [6, 6.07) is 13.8. The second-order valence-corrected chi connectivity index (χ2v) is 6.97. The molecule has 148 valence electrons. The summed E-state index contributed by atoms with van der Waals surface area (Å²) in [7, 11) is 1.55. The zero-order valence-electron chi connectivity index (χ0n) is 16.2. The number of ether oxygens (including phenoxy) is 2. The number of hydrogen-bond acceptors (Lipinski definition) is 5. The maximum atomic E-state index is 13.2. The number of esters is 1. The molecule has 1 atom stereocenters. The minimum Gasteiger partial charge on any atom is -0.497 e. The summed E-state index contributed by atoms with van der Waals surface area (Å²) in [5.74, 6) is -0.170. The number of hydrogen-bond donors (Lipinski definition) is 0. The van der Waals surface area contributed by atoms with Crippen molar-refractivity contribution in [2.45, 2.75) is 26.4 Å². The minimum absolute atomic E-state index is 0.0670. The van der Waals surface area contributed by atoms with Crippen molar-refractivity contribution in [2.75, 3.05) is 7.11 Å². The Morgan fingerprint density at radius 2 is 1.90 bits per heavy atom. The minimum atomic E-state index is -0.846. The molecular weight excluding hydrogens is 392 g/mol.